The van der Waals surface area contributed by atoms with E-state index in [1.54, 1.807) is 0 Å². The molecule has 2 saturated heterocycles. The Hall–Kier alpha value is -1.40. The average molecular weight is 341 g/mol. The molecule has 2 fully saturated rings. The minimum Gasteiger partial charge on any atom is -0.337 e. The van der Waals surface area contributed by atoms with Crippen LogP contribution in [0.15, 0.2) is 4.79 Å². The molecule has 2 aliphatic rings. The fourth-order valence-corrected chi connectivity index (χ4v) is 3.71. The van der Waals surface area contributed by atoms with Gasteiger partial charge in [0.2, 0.25) is 0 Å². The number of hydrogen-bond donors (Lipinski definition) is 2. The van der Waals surface area contributed by atoms with Gasteiger partial charge >= 0.3 is 0 Å². The molecule has 3 rings (SSSR count). The molecule has 128 valence electrons. The lowest BCUT2D eigenvalue weighted by molar-refractivity contribution is 0.0744. The molecule has 0 aromatic carbocycles. The zero-order chi connectivity index (χ0) is 15.7. The number of nitrogens with zero attached hydrogens (tertiary/aromatic N) is 2. The Morgan fingerprint density at radius 2 is 1.96 bits per heavy atom. The Morgan fingerprint density at radius 1 is 1.22 bits per heavy atom. The third kappa shape index (κ3) is 3.43. The van der Waals surface area contributed by atoms with Crippen molar-refractivity contribution in [1.29, 1.82) is 0 Å². The maximum absolute atomic E-state index is 12.9. The predicted molar refractivity (Wildman–Crippen MR) is 91.3 cm³/mol. The molecule has 2 N–H and O–H groups in total. The second kappa shape index (κ2) is 7.45. The van der Waals surface area contributed by atoms with Crippen molar-refractivity contribution in [2.24, 2.45) is 0 Å². The van der Waals surface area contributed by atoms with Crippen molar-refractivity contribution in [3.8, 4) is 0 Å². The summed E-state index contributed by atoms with van der Waals surface area (Å²) in [5.41, 5.74) is 1.56. The van der Waals surface area contributed by atoms with Crippen molar-refractivity contribution in [1.82, 2.24) is 20.4 Å². The van der Waals surface area contributed by atoms with E-state index in [0.717, 1.165) is 30.6 Å². The van der Waals surface area contributed by atoms with E-state index in [-0.39, 0.29) is 23.9 Å². The monoisotopic (exact) mass is 340 g/mol. The molecule has 2 unspecified atom stereocenters. The van der Waals surface area contributed by atoms with E-state index in [4.69, 9.17) is 0 Å². The van der Waals surface area contributed by atoms with Gasteiger partial charge in [0.15, 0.2) is 0 Å². The number of carbonyl (C=O) groups is 1. The van der Waals surface area contributed by atoms with E-state index >= 15 is 0 Å². The van der Waals surface area contributed by atoms with E-state index < -0.39 is 0 Å². The molecule has 1 amide bonds. The third-order valence-corrected chi connectivity index (χ3v) is 4.88. The summed E-state index contributed by atoms with van der Waals surface area (Å²) in [5.74, 6) is -0.135. The molecular weight excluding hydrogens is 316 g/mol. The zero-order valence-corrected chi connectivity index (χ0v) is 14.5. The van der Waals surface area contributed by atoms with Crippen LogP contribution in [0.4, 0.5) is 0 Å². The molecule has 23 heavy (non-hydrogen) atoms. The van der Waals surface area contributed by atoms with Gasteiger partial charge in [-0.3, -0.25) is 9.59 Å². The number of aromatic nitrogens is 2. The topological polar surface area (TPSA) is 78.1 Å². The van der Waals surface area contributed by atoms with Crippen molar-refractivity contribution in [2.75, 3.05) is 13.1 Å². The number of nitrogens with one attached hydrogen (secondary N) is 2. The highest BCUT2D eigenvalue weighted by Crippen LogP contribution is 2.22. The third-order valence-electron chi connectivity index (χ3n) is 4.88. The van der Waals surface area contributed by atoms with Gasteiger partial charge in [-0.2, -0.15) is 5.10 Å². The van der Waals surface area contributed by atoms with E-state index in [1.807, 2.05) is 18.7 Å². The molecule has 1 aromatic heterocycles. The second-order valence-corrected chi connectivity index (χ2v) is 6.24. The fourth-order valence-electron chi connectivity index (χ4n) is 3.71. The highest BCUT2D eigenvalue weighted by molar-refractivity contribution is 5.95. The number of amides is 1. The van der Waals surface area contributed by atoms with E-state index in [0.29, 0.717) is 37.0 Å². The molecule has 6 nitrogen and oxygen atoms in total. The number of H-pyrrole nitrogens is 1. The van der Waals surface area contributed by atoms with Gasteiger partial charge in [-0.1, -0.05) is 13.8 Å². The van der Waals surface area contributed by atoms with Crippen molar-refractivity contribution < 1.29 is 4.79 Å². The summed E-state index contributed by atoms with van der Waals surface area (Å²) < 4.78 is 0. The first-order valence-electron chi connectivity index (χ1n) is 8.29. The predicted octanol–water partition coefficient (Wildman–Crippen LogP) is 1.28. The lowest BCUT2D eigenvalue weighted by atomic mass is 10.0. The molecule has 0 aliphatic carbocycles. The highest BCUT2D eigenvalue weighted by Gasteiger charge is 2.33. The Morgan fingerprint density at radius 3 is 2.65 bits per heavy atom. The summed E-state index contributed by atoms with van der Waals surface area (Å²) in [6.07, 6.45) is 4.64. The number of likely N-dealkylation sites (tertiary alicyclic amines) is 1. The van der Waals surface area contributed by atoms with Gasteiger partial charge in [0, 0.05) is 25.2 Å². The van der Waals surface area contributed by atoms with Crippen LogP contribution in [0.2, 0.25) is 0 Å². The molecule has 2 atom stereocenters. The quantitative estimate of drug-likeness (QED) is 0.869. The molecule has 0 spiro atoms. The first kappa shape index (κ1) is 17.9. The van der Waals surface area contributed by atoms with E-state index in [2.05, 4.69) is 15.5 Å². The van der Waals surface area contributed by atoms with Crippen molar-refractivity contribution in [3.63, 3.8) is 0 Å². The van der Waals surface area contributed by atoms with E-state index in [1.165, 1.54) is 6.42 Å². The van der Waals surface area contributed by atoms with Crippen LogP contribution in [0.3, 0.4) is 0 Å². The number of fused-ring (bicyclic) bond motifs is 2. The van der Waals surface area contributed by atoms with Crippen LogP contribution in [-0.4, -0.2) is 46.2 Å². The van der Waals surface area contributed by atoms with Gasteiger partial charge in [-0.25, -0.2) is 5.10 Å². The minimum absolute atomic E-state index is 0. The molecule has 3 heterocycles. The Kier molecular flexibility index (Phi) is 5.81. The summed E-state index contributed by atoms with van der Waals surface area (Å²) in [6.45, 7) is 5.38. The number of hydrogen-bond acceptors (Lipinski definition) is 4. The van der Waals surface area contributed by atoms with Crippen LogP contribution in [-0.2, 0) is 12.8 Å². The van der Waals surface area contributed by atoms with Crippen molar-refractivity contribution in [2.45, 2.75) is 58.0 Å². The van der Waals surface area contributed by atoms with Crippen molar-refractivity contribution >= 4 is 18.3 Å². The van der Waals surface area contributed by atoms with Gasteiger partial charge in [0.1, 0.15) is 5.56 Å². The zero-order valence-electron chi connectivity index (χ0n) is 13.7. The number of aromatic amines is 1. The number of halogens is 1. The molecular formula is C16H25ClN4O2. The lowest BCUT2D eigenvalue weighted by Crippen LogP contribution is -2.41. The maximum Gasteiger partial charge on any atom is 0.277 e. The molecule has 0 radical (unpaired) electrons. The highest BCUT2D eigenvalue weighted by atomic mass is 35.5. The van der Waals surface area contributed by atoms with Gasteiger partial charge in [-0.05, 0) is 37.7 Å². The summed E-state index contributed by atoms with van der Waals surface area (Å²) in [5, 5.41) is 10.1. The van der Waals surface area contributed by atoms with Crippen molar-refractivity contribution in [3.05, 3.63) is 27.2 Å². The lowest BCUT2D eigenvalue weighted by Gasteiger charge is -2.25. The summed E-state index contributed by atoms with van der Waals surface area (Å²) in [6, 6.07) is 0.892. The van der Waals surface area contributed by atoms with Gasteiger partial charge < -0.3 is 10.2 Å². The average Bonchev–Trinajstić information content (AvgIpc) is 2.85. The molecule has 2 aliphatic heterocycles. The smallest absolute Gasteiger partial charge is 0.277 e. The first-order chi connectivity index (χ1) is 10.6. The molecule has 2 bridgehead atoms. The molecule has 7 heteroatoms. The fraction of sp³-hybridized carbons (Fsp3) is 0.688. The normalized spacial score (nSPS) is 23.3. The maximum atomic E-state index is 12.9. The number of carbonyl (C=O) groups excluding carboxylic acids is 1. The summed E-state index contributed by atoms with van der Waals surface area (Å²) in [4.78, 5) is 27.0. The number of rotatable bonds is 3. The SMILES string of the molecule is CCc1n[nH]c(=O)c(C(=O)N2CCC3CCC(C2)N3)c1CC.Cl. The standard InChI is InChI=1S/C16H24N4O2.ClH/c1-3-12-13(4-2)18-19-15(21)14(12)16(22)20-8-7-10-5-6-11(9-20)17-10;/h10-11,17H,3-9H2,1-2H3,(H,19,21);1H. The Labute approximate surface area is 142 Å². The van der Waals surface area contributed by atoms with E-state index in [9.17, 15) is 9.59 Å². The van der Waals surface area contributed by atoms with Crippen LogP contribution >= 0.6 is 12.4 Å². The Balaban J connectivity index is 0.00000192. The van der Waals surface area contributed by atoms with Gasteiger partial charge in [0.05, 0.1) is 5.69 Å². The van der Waals surface area contributed by atoms with Gasteiger partial charge in [0.25, 0.3) is 11.5 Å². The summed E-state index contributed by atoms with van der Waals surface area (Å²) in [7, 11) is 0. The Bertz CT molecular complexity index is 631. The largest absolute Gasteiger partial charge is 0.337 e. The van der Waals surface area contributed by atoms with Crippen LogP contribution in [0, 0.1) is 0 Å². The molecule has 0 saturated carbocycles. The minimum atomic E-state index is -0.360. The molecule has 1 aromatic rings. The second-order valence-electron chi connectivity index (χ2n) is 6.24. The van der Waals surface area contributed by atoms with Crippen LogP contribution < -0.4 is 10.9 Å². The van der Waals surface area contributed by atoms with Crippen LogP contribution in [0.25, 0.3) is 0 Å². The van der Waals surface area contributed by atoms with Gasteiger partial charge in [-0.15, -0.1) is 12.4 Å². The van der Waals surface area contributed by atoms with Crippen LogP contribution in [0.1, 0.15) is 54.7 Å². The first-order valence-corrected chi connectivity index (χ1v) is 8.29. The van der Waals surface area contributed by atoms with Crippen LogP contribution in [0.5, 0.6) is 0 Å². The number of aryl methyl sites for hydroxylation is 1. The summed E-state index contributed by atoms with van der Waals surface area (Å²) >= 11 is 0.